The highest BCUT2D eigenvalue weighted by Crippen LogP contribution is 2.47. The molecule has 1 aromatic carbocycles. The number of aromatic nitrogens is 4. The molecular formula is C24H27N5O2. The fraction of sp³-hybridized carbons (Fsp3) is 0.458. The van der Waals surface area contributed by atoms with Gasteiger partial charge in [-0.25, -0.2) is 0 Å². The molecular weight excluding hydrogens is 390 g/mol. The Morgan fingerprint density at radius 3 is 2.71 bits per heavy atom. The molecule has 0 saturated heterocycles. The third-order valence-corrected chi connectivity index (χ3v) is 6.87. The minimum atomic E-state index is -0.0402. The second kappa shape index (κ2) is 6.79. The lowest BCUT2D eigenvalue weighted by molar-refractivity contribution is 0.217. The maximum Gasteiger partial charge on any atom is 0.262 e. The van der Waals surface area contributed by atoms with Crippen LogP contribution in [0.5, 0.6) is 0 Å². The molecule has 0 N–H and O–H groups in total. The van der Waals surface area contributed by atoms with Crippen molar-refractivity contribution < 1.29 is 4.42 Å². The molecule has 2 fully saturated rings. The van der Waals surface area contributed by atoms with Crippen LogP contribution in [-0.2, 0) is 20.1 Å². The van der Waals surface area contributed by atoms with Crippen LogP contribution in [0.4, 0.5) is 0 Å². The number of aryl methyl sites for hydroxylation is 2. The summed E-state index contributed by atoms with van der Waals surface area (Å²) in [6.07, 6.45) is 3.63. The zero-order valence-corrected chi connectivity index (χ0v) is 18.2. The van der Waals surface area contributed by atoms with E-state index < -0.39 is 0 Å². The first-order valence-corrected chi connectivity index (χ1v) is 11.2. The van der Waals surface area contributed by atoms with Crippen LogP contribution in [0.1, 0.15) is 55.0 Å². The molecule has 0 aliphatic heterocycles. The summed E-state index contributed by atoms with van der Waals surface area (Å²) >= 11 is 0. The van der Waals surface area contributed by atoms with E-state index >= 15 is 0 Å². The quantitative estimate of drug-likeness (QED) is 0.478. The molecule has 2 atom stereocenters. The van der Waals surface area contributed by atoms with Gasteiger partial charge in [-0.05, 0) is 56.4 Å². The fourth-order valence-electron chi connectivity index (χ4n) is 4.69. The average Bonchev–Trinajstić information content (AvgIpc) is 3.64. The van der Waals surface area contributed by atoms with Crippen LogP contribution in [0, 0.1) is 12.8 Å². The minimum absolute atomic E-state index is 0.0402. The molecule has 0 bridgehead atoms. The second-order valence-electron chi connectivity index (χ2n) is 9.40. The number of rotatable bonds is 6. The van der Waals surface area contributed by atoms with Gasteiger partial charge in [-0.2, -0.15) is 0 Å². The molecule has 0 amide bonds. The lowest BCUT2D eigenvalue weighted by Gasteiger charge is -2.20. The Hall–Kier alpha value is -2.93. The SMILES string of the molecule is Cc1ccc2c(c1)c(=O)n(C)c1nnc(CN(Cc3ccc(C4CC4C)o3)C3CC3)n21. The van der Waals surface area contributed by atoms with Crippen LogP contribution in [0.15, 0.2) is 39.5 Å². The van der Waals surface area contributed by atoms with Crippen molar-refractivity contribution in [3.05, 3.63) is 63.6 Å². The third kappa shape index (κ3) is 3.19. The van der Waals surface area contributed by atoms with E-state index in [4.69, 9.17) is 4.42 Å². The van der Waals surface area contributed by atoms with E-state index in [2.05, 4.69) is 34.2 Å². The predicted octanol–water partition coefficient (Wildman–Crippen LogP) is 3.77. The van der Waals surface area contributed by atoms with E-state index in [1.165, 1.54) is 19.3 Å². The van der Waals surface area contributed by atoms with Gasteiger partial charge in [-0.1, -0.05) is 18.6 Å². The Labute approximate surface area is 180 Å². The van der Waals surface area contributed by atoms with Gasteiger partial charge in [0, 0.05) is 19.0 Å². The molecule has 2 aliphatic carbocycles. The Morgan fingerprint density at radius 1 is 1.16 bits per heavy atom. The summed E-state index contributed by atoms with van der Waals surface area (Å²) in [5.74, 6) is 4.92. The van der Waals surface area contributed by atoms with Gasteiger partial charge >= 0.3 is 0 Å². The van der Waals surface area contributed by atoms with Gasteiger partial charge in [-0.3, -0.25) is 18.7 Å². The molecule has 31 heavy (non-hydrogen) atoms. The maximum absolute atomic E-state index is 12.8. The highest BCUT2D eigenvalue weighted by molar-refractivity contribution is 5.81. The van der Waals surface area contributed by atoms with Gasteiger partial charge < -0.3 is 4.42 Å². The predicted molar refractivity (Wildman–Crippen MR) is 118 cm³/mol. The zero-order valence-electron chi connectivity index (χ0n) is 18.2. The van der Waals surface area contributed by atoms with E-state index in [1.54, 1.807) is 11.6 Å². The van der Waals surface area contributed by atoms with Gasteiger partial charge in [0.15, 0.2) is 5.82 Å². The van der Waals surface area contributed by atoms with E-state index in [0.717, 1.165) is 40.9 Å². The first-order valence-electron chi connectivity index (χ1n) is 11.2. The normalized spacial score (nSPS) is 20.9. The lowest BCUT2D eigenvalue weighted by Crippen LogP contribution is -2.27. The molecule has 0 spiro atoms. The first kappa shape index (κ1) is 18.8. The van der Waals surface area contributed by atoms with Crippen LogP contribution in [-0.4, -0.2) is 30.1 Å². The molecule has 4 aromatic rings. The van der Waals surface area contributed by atoms with Crippen molar-refractivity contribution in [3.63, 3.8) is 0 Å². The van der Waals surface area contributed by atoms with E-state index in [1.807, 2.05) is 29.5 Å². The maximum atomic E-state index is 12.8. The van der Waals surface area contributed by atoms with Crippen molar-refractivity contribution in [2.45, 2.75) is 58.2 Å². The number of hydrogen-bond donors (Lipinski definition) is 0. The zero-order chi connectivity index (χ0) is 21.3. The van der Waals surface area contributed by atoms with Gasteiger partial charge in [-0.15, -0.1) is 10.2 Å². The summed E-state index contributed by atoms with van der Waals surface area (Å²) in [6.45, 7) is 5.72. The topological polar surface area (TPSA) is 68.6 Å². The van der Waals surface area contributed by atoms with E-state index in [-0.39, 0.29) is 5.56 Å². The average molecular weight is 418 g/mol. The standard InChI is InChI=1S/C24H27N5O2/c1-14-4-8-20-19(10-14)23(30)27(3)24-26-25-22(29(20)24)13-28(16-5-6-16)12-17-7-9-21(31-17)18-11-15(18)2/h4,7-10,15-16,18H,5-6,11-13H2,1-3H3. The van der Waals surface area contributed by atoms with Crippen LogP contribution in [0.2, 0.25) is 0 Å². The van der Waals surface area contributed by atoms with Crippen molar-refractivity contribution in [1.82, 2.24) is 24.1 Å². The largest absolute Gasteiger partial charge is 0.464 e. The number of nitrogens with zero attached hydrogens (tertiary/aromatic N) is 5. The van der Waals surface area contributed by atoms with Crippen molar-refractivity contribution in [2.75, 3.05) is 0 Å². The summed E-state index contributed by atoms with van der Waals surface area (Å²) in [5, 5.41) is 9.55. The Balaban J connectivity index is 1.36. The van der Waals surface area contributed by atoms with Crippen molar-refractivity contribution in [1.29, 1.82) is 0 Å². The summed E-state index contributed by atoms with van der Waals surface area (Å²) < 4.78 is 9.81. The Kier molecular flexibility index (Phi) is 4.12. The molecule has 160 valence electrons. The number of furan rings is 1. The summed E-state index contributed by atoms with van der Waals surface area (Å²) in [5.41, 5.74) is 1.89. The second-order valence-corrected chi connectivity index (χ2v) is 9.40. The van der Waals surface area contributed by atoms with Crippen LogP contribution in [0.25, 0.3) is 16.7 Å². The Morgan fingerprint density at radius 2 is 1.97 bits per heavy atom. The van der Waals surface area contributed by atoms with Gasteiger partial charge in [0.2, 0.25) is 5.78 Å². The molecule has 3 aromatic heterocycles. The van der Waals surface area contributed by atoms with Crippen LogP contribution < -0.4 is 5.56 Å². The summed E-state index contributed by atoms with van der Waals surface area (Å²) in [7, 11) is 1.76. The molecule has 7 heteroatoms. The van der Waals surface area contributed by atoms with Gasteiger partial charge in [0.25, 0.3) is 5.56 Å². The molecule has 3 heterocycles. The van der Waals surface area contributed by atoms with Crippen molar-refractivity contribution >= 4 is 16.7 Å². The molecule has 2 aliphatic rings. The smallest absolute Gasteiger partial charge is 0.262 e. The van der Waals surface area contributed by atoms with E-state index in [9.17, 15) is 4.79 Å². The molecule has 2 saturated carbocycles. The van der Waals surface area contributed by atoms with E-state index in [0.29, 0.717) is 29.7 Å². The number of benzene rings is 1. The molecule has 0 radical (unpaired) electrons. The van der Waals surface area contributed by atoms with Gasteiger partial charge in [0.1, 0.15) is 11.5 Å². The molecule has 6 rings (SSSR count). The highest BCUT2D eigenvalue weighted by atomic mass is 16.3. The third-order valence-electron chi connectivity index (χ3n) is 6.87. The lowest BCUT2D eigenvalue weighted by atomic mass is 10.1. The Bertz CT molecular complexity index is 1360. The molecule has 7 nitrogen and oxygen atoms in total. The van der Waals surface area contributed by atoms with Gasteiger partial charge in [0.05, 0.1) is 24.0 Å². The summed E-state index contributed by atoms with van der Waals surface area (Å²) in [4.78, 5) is 15.3. The van der Waals surface area contributed by atoms with Crippen molar-refractivity contribution in [2.24, 2.45) is 13.0 Å². The minimum Gasteiger partial charge on any atom is -0.464 e. The van der Waals surface area contributed by atoms with Crippen LogP contribution >= 0.6 is 0 Å². The fourth-order valence-corrected chi connectivity index (χ4v) is 4.69. The monoisotopic (exact) mass is 417 g/mol. The number of hydrogen-bond acceptors (Lipinski definition) is 5. The molecule has 2 unspecified atom stereocenters. The highest BCUT2D eigenvalue weighted by Gasteiger charge is 2.37. The van der Waals surface area contributed by atoms with Crippen LogP contribution in [0.3, 0.4) is 0 Å². The number of fused-ring (bicyclic) bond motifs is 3. The van der Waals surface area contributed by atoms with Crippen molar-refractivity contribution in [3.8, 4) is 0 Å². The first-order chi connectivity index (χ1) is 15.0. The summed E-state index contributed by atoms with van der Waals surface area (Å²) in [6, 6.07) is 10.8.